The van der Waals surface area contributed by atoms with Crippen LogP contribution in [0.25, 0.3) is 0 Å². The van der Waals surface area contributed by atoms with Crippen molar-refractivity contribution in [3.63, 3.8) is 0 Å². The maximum atomic E-state index is 4.54. The fourth-order valence-electron chi connectivity index (χ4n) is 1.22. The molecule has 0 amide bonds. The van der Waals surface area contributed by atoms with Crippen molar-refractivity contribution in [2.45, 2.75) is 27.7 Å². The number of aliphatic imine (C=N–C) groups is 1. The highest BCUT2D eigenvalue weighted by Gasteiger charge is 2.17. The summed E-state index contributed by atoms with van der Waals surface area (Å²) in [5, 5.41) is 0. The molecule has 0 aromatic rings. The van der Waals surface area contributed by atoms with E-state index in [2.05, 4.69) is 51.4 Å². The van der Waals surface area contributed by atoms with Crippen molar-refractivity contribution < 1.29 is 0 Å². The van der Waals surface area contributed by atoms with Crippen LogP contribution in [0.2, 0.25) is 0 Å². The Morgan fingerprint density at radius 2 is 2.24 bits per heavy atom. The van der Waals surface area contributed by atoms with E-state index in [1.165, 1.54) is 14.9 Å². The second-order valence-corrected chi connectivity index (χ2v) is 7.30. The van der Waals surface area contributed by atoms with Crippen LogP contribution < -0.4 is 0 Å². The average Bonchev–Trinajstić information content (AvgIpc) is 2.64. The summed E-state index contributed by atoms with van der Waals surface area (Å²) in [6.07, 6.45) is 6.49. The lowest BCUT2D eigenvalue weighted by atomic mass is 9.93. The third kappa shape index (κ3) is 5.64. The van der Waals surface area contributed by atoms with Gasteiger partial charge in [0.1, 0.15) is 4.38 Å². The largest absolute Gasteiger partial charge is 0.266 e. The topological polar surface area (TPSA) is 12.4 Å². The minimum absolute atomic E-state index is 0.0673. The molecule has 1 rings (SSSR count). The number of rotatable bonds is 4. The van der Waals surface area contributed by atoms with Gasteiger partial charge in [-0.3, -0.25) is 4.99 Å². The van der Waals surface area contributed by atoms with E-state index in [-0.39, 0.29) is 5.41 Å². The first-order chi connectivity index (χ1) is 7.93. The monoisotopic (exact) mass is 267 g/mol. The van der Waals surface area contributed by atoms with Crippen LogP contribution >= 0.6 is 23.5 Å². The summed E-state index contributed by atoms with van der Waals surface area (Å²) >= 11 is 3.62. The Balaban J connectivity index is 2.46. The molecule has 0 saturated heterocycles. The summed E-state index contributed by atoms with van der Waals surface area (Å²) in [5.74, 6) is 1.02. The number of thioether (sulfide) groups is 2. The van der Waals surface area contributed by atoms with Gasteiger partial charge in [-0.1, -0.05) is 61.2 Å². The van der Waals surface area contributed by atoms with E-state index in [9.17, 15) is 0 Å². The van der Waals surface area contributed by atoms with Gasteiger partial charge in [-0.25, -0.2) is 0 Å². The third-order valence-electron chi connectivity index (χ3n) is 2.34. The van der Waals surface area contributed by atoms with Gasteiger partial charge < -0.3 is 0 Å². The van der Waals surface area contributed by atoms with E-state index >= 15 is 0 Å². The van der Waals surface area contributed by atoms with E-state index in [0.717, 1.165) is 12.3 Å². The van der Waals surface area contributed by atoms with Gasteiger partial charge in [-0.15, -0.1) is 6.58 Å². The maximum Gasteiger partial charge on any atom is 0.129 e. The van der Waals surface area contributed by atoms with Gasteiger partial charge in [0, 0.05) is 16.1 Å². The average molecular weight is 267 g/mol. The molecule has 1 aliphatic rings. The highest BCUT2D eigenvalue weighted by atomic mass is 32.2. The third-order valence-corrected chi connectivity index (χ3v) is 4.47. The van der Waals surface area contributed by atoms with Crippen LogP contribution in [0.4, 0.5) is 0 Å². The van der Waals surface area contributed by atoms with Gasteiger partial charge in [0.2, 0.25) is 0 Å². The van der Waals surface area contributed by atoms with Crippen LogP contribution in [0.15, 0.2) is 40.3 Å². The molecule has 1 heterocycles. The van der Waals surface area contributed by atoms with Crippen molar-refractivity contribution in [3.05, 3.63) is 35.3 Å². The van der Waals surface area contributed by atoms with Gasteiger partial charge >= 0.3 is 0 Å². The van der Waals surface area contributed by atoms with Gasteiger partial charge in [-0.05, 0) is 13.8 Å². The highest BCUT2D eigenvalue weighted by Crippen LogP contribution is 2.34. The lowest BCUT2D eigenvalue weighted by Gasteiger charge is -2.14. The zero-order valence-corrected chi connectivity index (χ0v) is 12.8. The molecule has 0 fully saturated rings. The molecule has 0 aliphatic carbocycles. The fraction of sp³-hybridized carbons (Fsp3) is 0.500. The van der Waals surface area contributed by atoms with Crippen LogP contribution in [0.5, 0.6) is 0 Å². The minimum Gasteiger partial charge on any atom is -0.266 e. The summed E-state index contributed by atoms with van der Waals surface area (Å²) in [6, 6.07) is 0. The summed E-state index contributed by atoms with van der Waals surface area (Å²) in [7, 11) is 0. The SMILES string of the molecule is C=CC(C)(C)/C=C1\CN=C(SCC=C(C)C)S1. The molecular weight excluding hydrogens is 246 g/mol. The van der Waals surface area contributed by atoms with Crippen molar-refractivity contribution >= 4 is 27.9 Å². The first-order valence-corrected chi connectivity index (χ1v) is 7.57. The van der Waals surface area contributed by atoms with Crippen molar-refractivity contribution in [1.29, 1.82) is 0 Å². The molecule has 0 saturated carbocycles. The maximum absolute atomic E-state index is 4.54. The Kier molecular flexibility index (Phi) is 5.60. The van der Waals surface area contributed by atoms with Crippen LogP contribution in [-0.4, -0.2) is 16.7 Å². The normalized spacial score (nSPS) is 18.1. The molecule has 3 heteroatoms. The minimum atomic E-state index is 0.0673. The number of hydrogen-bond donors (Lipinski definition) is 0. The molecule has 0 N–H and O–H groups in total. The molecule has 94 valence electrons. The van der Waals surface area contributed by atoms with Crippen LogP contribution in [0, 0.1) is 5.41 Å². The first-order valence-electron chi connectivity index (χ1n) is 5.77. The molecule has 0 bridgehead atoms. The van der Waals surface area contributed by atoms with Crippen LogP contribution in [-0.2, 0) is 0 Å². The molecular formula is C14H21NS2. The predicted molar refractivity (Wildman–Crippen MR) is 83.8 cm³/mol. The lowest BCUT2D eigenvalue weighted by molar-refractivity contribution is 0.625. The molecule has 0 aromatic carbocycles. The van der Waals surface area contributed by atoms with E-state index in [0.29, 0.717) is 0 Å². The molecule has 0 radical (unpaired) electrons. The second-order valence-electron chi connectivity index (χ2n) is 4.91. The van der Waals surface area contributed by atoms with Crippen molar-refractivity contribution in [3.8, 4) is 0 Å². The highest BCUT2D eigenvalue weighted by molar-refractivity contribution is 8.40. The Bertz CT molecular complexity index is 372. The Morgan fingerprint density at radius 1 is 1.53 bits per heavy atom. The van der Waals surface area contributed by atoms with E-state index in [1.807, 2.05) is 17.8 Å². The Morgan fingerprint density at radius 3 is 2.82 bits per heavy atom. The van der Waals surface area contributed by atoms with Crippen molar-refractivity contribution in [1.82, 2.24) is 0 Å². The van der Waals surface area contributed by atoms with E-state index in [4.69, 9.17) is 0 Å². The Hall–Kier alpha value is -0.410. The summed E-state index contributed by atoms with van der Waals surface area (Å²) in [4.78, 5) is 5.89. The molecule has 1 nitrogen and oxygen atoms in total. The molecule has 0 aromatic heterocycles. The number of allylic oxidation sites excluding steroid dienone is 3. The van der Waals surface area contributed by atoms with E-state index in [1.54, 1.807) is 11.8 Å². The van der Waals surface area contributed by atoms with Crippen LogP contribution in [0.3, 0.4) is 0 Å². The van der Waals surface area contributed by atoms with E-state index < -0.39 is 0 Å². The standard InChI is InChI=1S/C14H21NS2/c1-6-14(4,5)9-12-10-15-13(17-12)16-8-7-11(2)3/h6-7,9H,1,8,10H2,2-5H3/b12-9+. The zero-order chi connectivity index (χ0) is 12.9. The van der Waals surface area contributed by atoms with Crippen molar-refractivity contribution in [2.75, 3.05) is 12.3 Å². The van der Waals surface area contributed by atoms with Gasteiger partial charge in [0.15, 0.2) is 0 Å². The summed E-state index contributed by atoms with van der Waals surface area (Å²) in [5.41, 5.74) is 1.43. The lowest BCUT2D eigenvalue weighted by Crippen LogP contribution is -2.02. The Labute approximate surface area is 114 Å². The molecule has 17 heavy (non-hydrogen) atoms. The quantitative estimate of drug-likeness (QED) is 0.673. The summed E-state index contributed by atoms with van der Waals surface area (Å²) < 4.78 is 1.19. The fourth-order valence-corrected chi connectivity index (χ4v) is 3.54. The van der Waals surface area contributed by atoms with Gasteiger partial charge in [0.25, 0.3) is 0 Å². The van der Waals surface area contributed by atoms with Crippen molar-refractivity contribution in [2.24, 2.45) is 10.4 Å². The zero-order valence-electron chi connectivity index (χ0n) is 11.1. The number of hydrogen-bond acceptors (Lipinski definition) is 3. The molecule has 0 atom stereocenters. The summed E-state index contributed by atoms with van der Waals surface area (Å²) in [6.45, 7) is 13.3. The number of nitrogens with zero attached hydrogens (tertiary/aromatic N) is 1. The second kappa shape index (κ2) is 6.50. The molecule has 0 spiro atoms. The van der Waals surface area contributed by atoms with Gasteiger partial charge in [-0.2, -0.15) is 0 Å². The van der Waals surface area contributed by atoms with Gasteiger partial charge in [0.05, 0.1) is 6.54 Å². The first kappa shape index (κ1) is 14.7. The smallest absolute Gasteiger partial charge is 0.129 e. The van der Waals surface area contributed by atoms with Crippen LogP contribution in [0.1, 0.15) is 27.7 Å². The predicted octanol–water partition coefficient (Wildman–Crippen LogP) is 4.88. The molecule has 1 aliphatic heterocycles. The molecule has 0 unspecified atom stereocenters.